The van der Waals surface area contributed by atoms with Crippen LogP contribution >= 0.6 is 0 Å². The first-order valence-corrected chi connectivity index (χ1v) is 3.25. The van der Waals surface area contributed by atoms with Crippen molar-refractivity contribution >= 4 is 11.9 Å². The van der Waals surface area contributed by atoms with Crippen molar-refractivity contribution in [3.05, 3.63) is 24.3 Å². The molecule has 0 saturated carbocycles. The van der Waals surface area contributed by atoms with Crippen LogP contribution in [0.4, 0.5) is 0 Å². The number of aliphatic carboxylic acids is 2. The summed E-state index contributed by atoms with van der Waals surface area (Å²) >= 11 is 0. The Kier molecular flexibility index (Phi) is 10.2. The normalized spacial score (nSPS) is 9.50. The van der Waals surface area contributed by atoms with E-state index in [1.54, 1.807) is 13.8 Å². The number of rotatable bonds is 2. The van der Waals surface area contributed by atoms with Crippen LogP contribution in [-0.2, 0) is 9.59 Å². The lowest BCUT2D eigenvalue weighted by atomic mass is 10.5. The maximum Gasteiger partial charge on any atom is 0.327 e. The third-order valence-corrected chi connectivity index (χ3v) is 0.618. The molecule has 12 heavy (non-hydrogen) atoms. The molecule has 0 saturated heterocycles. The average Bonchev–Trinajstić information content (AvgIpc) is 1.87. The van der Waals surface area contributed by atoms with Gasteiger partial charge in [-0.3, -0.25) is 0 Å². The Bertz CT molecular complexity index is 169. The van der Waals surface area contributed by atoms with Gasteiger partial charge in [0.2, 0.25) is 0 Å². The standard InChI is InChI=1S/2C4H6O2/c2*1-2-3-4(5)6/h2*2-3H,1H3,(H,5,6)/b2*3-2+. The molecule has 0 unspecified atom stereocenters. The van der Waals surface area contributed by atoms with Gasteiger partial charge in [0.05, 0.1) is 0 Å². The van der Waals surface area contributed by atoms with E-state index >= 15 is 0 Å². The highest BCUT2D eigenvalue weighted by Gasteiger charge is 1.77. The molecule has 0 fully saturated rings. The molecule has 0 bridgehead atoms. The lowest BCUT2D eigenvalue weighted by Gasteiger charge is -1.68. The van der Waals surface area contributed by atoms with Crippen molar-refractivity contribution < 1.29 is 19.8 Å². The second-order valence-electron chi connectivity index (χ2n) is 1.68. The smallest absolute Gasteiger partial charge is 0.327 e. The maximum absolute atomic E-state index is 9.51. The van der Waals surface area contributed by atoms with E-state index in [-0.39, 0.29) is 0 Å². The van der Waals surface area contributed by atoms with Gasteiger partial charge >= 0.3 is 11.9 Å². The molecule has 2 N–H and O–H groups in total. The molecule has 0 spiro atoms. The Balaban J connectivity index is 0. The molecule has 0 rings (SSSR count). The molecule has 0 aromatic rings. The highest BCUT2D eigenvalue weighted by molar-refractivity contribution is 5.79. The number of allylic oxidation sites excluding steroid dienone is 2. The summed E-state index contributed by atoms with van der Waals surface area (Å²) in [5, 5.41) is 15.7. The molecule has 0 aliphatic rings. The molecule has 4 heteroatoms. The van der Waals surface area contributed by atoms with E-state index < -0.39 is 11.9 Å². The van der Waals surface area contributed by atoms with E-state index in [1.807, 2.05) is 0 Å². The second-order valence-corrected chi connectivity index (χ2v) is 1.68. The van der Waals surface area contributed by atoms with Crippen molar-refractivity contribution in [3.8, 4) is 0 Å². The van der Waals surface area contributed by atoms with Crippen molar-refractivity contribution in [2.75, 3.05) is 0 Å². The fraction of sp³-hybridized carbons (Fsp3) is 0.250. The summed E-state index contributed by atoms with van der Waals surface area (Å²) in [5.74, 6) is -1.78. The van der Waals surface area contributed by atoms with Gasteiger partial charge in [-0.2, -0.15) is 0 Å². The number of carboxylic acid groups (broad SMARTS) is 2. The average molecular weight is 172 g/mol. The highest BCUT2D eigenvalue weighted by Crippen LogP contribution is 1.65. The van der Waals surface area contributed by atoms with Crippen LogP contribution in [-0.4, -0.2) is 22.2 Å². The van der Waals surface area contributed by atoms with Gasteiger partial charge in [-0.25, -0.2) is 9.59 Å². The first kappa shape index (κ1) is 13.0. The zero-order valence-corrected chi connectivity index (χ0v) is 7.02. The molecule has 0 aromatic heterocycles. The zero-order chi connectivity index (χ0) is 9.98. The Labute approximate surface area is 70.8 Å². The number of hydrogen-bond acceptors (Lipinski definition) is 2. The number of carboxylic acids is 2. The van der Waals surface area contributed by atoms with Crippen LogP contribution < -0.4 is 0 Å². The highest BCUT2D eigenvalue weighted by atomic mass is 16.4. The molecule has 0 amide bonds. The SMILES string of the molecule is C/C=C/C(=O)O.C/C=C/C(=O)O. The summed E-state index contributed by atoms with van der Waals surface area (Å²) in [5.41, 5.74) is 0. The van der Waals surface area contributed by atoms with Gasteiger partial charge in [0.15, 0.2) is 0 Å². The molecular weight excluding hydrogens is 160 g/mol. The van der Waals surface area contributed by atoms with E-state index in [1.165, 1.54) is 12.2 Å². The Morgan fingerprint density at radius 2 is 1.17 bits per heavy atom. The molecule has 0 aromatic carbocycles. The number of hydrogen-bond donors (Lipinski definition) is 2. The third kappa shape index (κ3) is 23.7. The summed E-state index contributed by atoms with van der Waals surface area (Å²) in [6.07, 6.45) is 5.12. The lowest BCUT2D eigenvalue weighted by Crippen LogP contribution is -1.83. The van der Waals surface area contributed by atoms with E-state index in [0.29, 0.717) is 0 Å². The summed E-state index contributed by atoms with van der Waals surface area (Å²) in [4.78, 5) is 19.0. The van der Waals surface area contributed by atoms with Crippen LogP contribution in [0.2, 0.25) is 0 Å². The van der Waals surface area contributed by atoms with Gasteiger partial charge in [0.25, 0.3) is 0 Å². The van der Waals surface area contributed by atoms with Crippen LogP contribution in [0.25, 0.3) is 0 Å². The van der Waals surface area contributed by atoms with E-state index in [9.17, 15) is 9.59 Å². The van der Waals surface area contributed by atoms with Crippen molar-refractivity contribution in [3.63, 3.8) is 0 Å². The molecule has 0 radical (unpaired) electrons. The quantitative estimate of drug-likeness (QED) is 0.615. The van der Waals surface area contributed by atoms with Crippen LogP contribution in [0.15, 0.2) is 24.3 Å². The van der Waals surface area contributed by atoms with Gasteiger partial charge in [-0.1, -0.05) is 12.2 Å². The minimum Gasteiger partial charge on any atom is -0.478 e. The fourth-order valence-electron chi connectivity index (χ4n) is 0.285. The second kappa shape index (κ2) is 9.42. The molecule has 0 atom stereocenters. The van der Waals surface area contributed by atoms with E-state index in [0.717, 1.165) is 12.2 Å². The van der Waals surface area contributed by atoms with Crippen LogP contribution in [0.3, 0.4) is 0 Å². The fourth-order valence-corrected chi connectivity index (χ4v) is 0.285. The first-order chi connectivity index (χ1) is 5.54. The monoisotopic (exact) mass is 172 g/mol. The predicted octanol–water partition coefficient (Wildman–Crippen LogP) is 1.29. The van der Waals surface area contributed by atoms with Gasteiger partial charge < -0.3 is 10.2 Å². The van der Waals surface area contributed by atoms with Crippen LogP contribution in [0, 0.1) is 0 Å². The predicted molar refractivity (Wildman–Crippen MR) is 44.9 cm³/mol. The molecule has 4 nitrogen and oxygen atoms in total. The summed E-state index contributed by atoms with van der Waals surface area (Å²) in [6, 6.07) is 0. The van der Waals surface area contributed by atoms with E-state index in [4.69, 9.17) is 10.2 Å². The molecular formula is C8H12O4. The lowest BCUT2D eigenvalue weighted by molar-refractivity contribution is -0.132. The summed E-state index contributed by atoms with van der Waals surface area (Å²) < 4.78 is 0. The van der Waals surface area contributed by atoms with Crippen LogP contribution in [0.1, 0.15) is 13.8 Å². The van der Waals surface area contributed by atoms with E-state index in [2.05, 4.69) is 0 Å². The topological polar surface area (TPSA) is 74.6 Å². The van der Waals surface area contributed by atoms with Crippen molar-refractivity contribution in [2.45, 2.75) is 13.8 Å². The third-order valence-electron chi connectivity index (χ3n) is 0.618. The van der Waals surface area contributed by atoms with Gasteiger partial charge in [-0.15, -0.1) is 0 Å². The van der Waals surface area contributed by atoms with Crippen molar-refractivity contribution in [2.24, 2.45) is 0 Å². The largest absolute Gasteiger partial charge is 0.478 e. The Hall–Kier alpha value is -1.58. The molecule has 0 heterocycles. The van der Waals surface area contributed by atoms with Crippen molar-refractivity contribution in [1.29, 1.82) is 0 Å². The maximum atomic E-state index is 9.51. The summed E-state index contributed by atoms with van der Waals surface area (Å²) in [7, 11) is 0. The molecule has 0 aliphatic carbocycles. The molecule has 0 aliphatic heterocycles. The Morgan fingerprint density at radius 1 is 0.917 bits per heavy atom. The minimum atomic E-state index is -0.891. The zero-order valence-electron chi connectivity index (χ0n) is 7.02. The van der Waals surface area contributed by atoms with Gasteiger partial charge in [0.1, 0.15) is 0 Å². The molecule has 68 valence electrons. The summed E-state index contributed by atoms with van der Waals surface area (Å²) in [6.45, 7) is 3.32. The van der Waals surface area contributed by atoms with Crippen molar-refractivity contribution in [1.82, 2.24) is 0 Å². The minimum absolute atomic E-state index is 0.891. The van der Waals surface area contributed by atoms with Gasteiger partial charge in [-0.05, 0) is 13.8 Å². The first-order valence-electron chi connectivity index (χ1n) is 3.25. The van der Waals surface area contributed by atoms with Gasteiger partial charge in [0, 0.05) is 12.2 Å². The Morgan fingerprint density at radius 3 is 1.17 bits per heavy atom. The number of carbonyl (C=O) groups is 2. The van der Waals surface area contributed by atoms with Crippen LogP contribution in [0.5, 0.6) is 0 Å².